The normalized spacial score (nSPS) is 18.2. The first-order chi connectivity index (χ1) is 13.3. The van der Waals surface area contributed by atoms with Crippen molar-refractivity contribution in [2.75, 3.05) is 13.1 Å². The lowest BCUT2D eigenvalue weighted by Gasteiger charge is -2.32. The third-order valence-corrected chi connectivity index (χ3v) is 5.85. The SMILES string of the molecule is CC1(C)CC(=O)c2cc(C(=O)N3CCCC3)c(=O)n(-c3ccc(Cl)cc3)c2C1. The van der Waals surface area contributed by atoms with Gasteiger partial charge in [-0.3, -0.25) is 19.0 Å². The van der Waals surface area contributed by atoms with E-state index < -0.39 is 0 Å². The number of hydrogen-bond donors (Lipinski definition) is 0. The van der Waals surface area contributed by atoms with Crippen molar-refractivity contribution in [2.45, 2.75) is 39.5 Å². The minimum absolute atomic E-state index is 0.0237. The lowest BCUT2D eigenvalue weighted by atomic mass is 9.75. The second-order valence-electron chi connectivity index (χ2n) is 8.48. The highest BCUT2D eigenvalue weighted by Crippen LogP contribution is 2.35. The fourth-order valence-corrected chi connectivity index (χ4v) is 4.35. The van der Waals surface area contributed by atoms with Gasteiger partial charge in [0, 0.05) is 41.5 Å². The van der Waals surface area contributed by atoms with Crippen LogP contribution in [-0.4, -0.2) is 34.2 Å². The molecule has 2 aromatic rings. The Morgan fingerprint density at radius 3 is 2.32 bits per heavy atom. The number of likely N-dealkylation sites (tertiary alicyclic amines) is 1. The van der Waals surface area contributed by atoms with Crippen molar-refractivity contribution in [1.82, 2.24) is 9.47 Å². The van der Waals surface area contributed by atoms with Crippen LogP contribution in [0.1, 0.15) is 59.5 Å². The zero-order chi connectivity index (χ0) is 20.1. The summed E-state index contributed by atoms with van der Waals surface area (Å²) in [4.78, 5) is 41.0. The average Bonchev–Trinajstić information content (AvgIpc) is 3.16. The van der Waals surface area contributed by atoms with Gasteiger partial charge in [0.15, 0.2) is 5.78 Å². The minimum atomic E-state index is -0.372. The molecule has 1 amide bonds. The summed E-state index contributed by atoms with van der Waals surface area (Å²) in [6.45, 7) is 5.34. The quantitative estimate of drug-likeness (QED) is 0.771. The summed E-state index contributed by atoms with van der Waals surface area (Å²) in [5, 5.41) is 0.561. The van der Waals surface area contributed by atoms with Crippen LogP contribution in [0, 0.1) is 5.41 Å². The number of carbonyl (C=O) groups excluding carboxylic acids is 2. The van der Waals surface area contributed by atoms with Gasteiger partial charge in [-0.25, -0.2) is 0 Å². The number of pyridine rings is 1. The maximum absolute atomic E-state index is 13.4. The van der Waals surface area contributed by atoms with Gasteiger partial charge in [-0.05, 0) is 55.0 Å². The number of halogens is 1. The van der Waals surface area contributed by atoms with Crippen LogP contribution < -0.4 is 5.56 Å². The molecular weight excluding hydrogens is 376 g/mol. The molecule has 1 fully saturated rings. The maximum Gasteiger partial charge on any atom is 0.268 e. The third kappa shape index (κ3) is 3.28. The number of ketones is 1. The van der Waals surface area contributed by atoms with E-state index in [1.165, 1.54) is 10.6 Å². The fraction of sp³-hybridized carbons (Fsp3) is 0.409. The van der Waals surface area contributed by atoms with Gasteiger partial charge in [-0.1, -0.05) is 25.4 Å². The smallest absolute Gasteiger partial charge is 0.268 e. The fourth-order valence-electron chi connectivity index (χ4n) is 4.22. The molecule has 4 rings (SSSR count). The predicted molar refractivity (Wildman–Crippen MR) is 109 cm³/mol. The van der Waals surface area contributed by atoms with Gasteiger partial charge in [0.2, 0.25) is 0 Å². The van der Waals surface area contributed by atoms with Crippen LogP contribution in [-0.2, 0) is 6.42 Å². The highest BCUT2D eigenvalue weighted by atomic mass is 35.5. The maximum atomic E-state index is 13.4. The molecule has 2 heterocycles. The number of carbonyl (C=O) groups is 2. The molecule has 0 N–H and O–H groups in total. The van der Waals surface area contributed by atoms with E-state index in [2.05, 4.69) is 0 Å². The van der Waals surface area contributed by atoms with Crippen molar-refractivity contribution in [3.8, 4) is 5.69 Å². The number of Topliss-reactive ketones (excluding diaryl/α,β-unsaturated/α-hetero) is 1. The zero-order valence-electron chi connectivity index (χ0n) is 16.1. The standard InChI is InChI=1S/C22H23ClN2O3/c1-22(2)12-18-16(19(26)13-22)11-17(20(27)24-9-3-4-10-24)21(28)25(18)15-7-5-14(23)6-8-15/h5-8,11H,3-4,9-10,12-13H2,1-2H3. The monoisotopic (exact) mass is 398 g/mol. The number of amides is 1. The van der Waals surface area contributed by atoms with Gasteiger partial charge < -0.3 is 4.90 Å². The Morgan fingerprint density at radius 2 is 1.68 bits per heavy atom. The number of hydrogen-bond acceptors (Lipinski definition) is 3. The number of nitrogens with zero attached hydrogens (tertiary/aromatic N) is 2. The molecule has 0 atom stereocenters. The highest BCUT2D eigenvalue weighted by molar-refractivity contribution is 6.30. The van der Waals surface area contributed by atoms with E-state index in [0.717, 1.165) is 12.8 Å². The molecule has 1 saturated heterocycles. The van der Waals surface area contributed by atoms with Crippen molar-refractivity contribution in [3.63, 3.8) is 0 Å². The van der Waals surface area contributed by atoms with E-state index in [9.17, 15) is 14.4 Å². The van der Waals surface area contributed by atoms with E-state index in [1.807, 2.05) is 13.8 Å². The number of fused-ring (bicyclic) bond motifs is 1. The van der Waals surface area contributed by atoms with Gasteiger partial charge in [0.25, 0.3) is 11.5 Å². The van der Waals surface area contributed by atoms with Crippen LogP contribution in [0.25, 0.3) is 5.69 Å². The van der Waals surface area contributed by atoms with Crippen molar-refractivity contribution in [2.24, 2.45) is 5.41 Å². The Labute approximate surface area is 168 Å². The van der Waals surface area contributed by atoms with Gasteiger partial charge >= 0.3 is 0 Å². The summed E-state index contributed by atoms with van der Waals surface area (Å²) in [6, 6.07) is 8.45. The Bertz CT molecular complexity index is 1020. The number of benzene rings is 1. The Balaban J connectivity index is 1.96. The summed E-state index contributed by atoms with van der Waals surface area (Å²) in [6.07, 6.45) is 2.87. The van der Waals surface area contributed by atoms with E-state index in [1.54, 1.807) is 29.2 Å². The molecule has 1 aliphatic heterocycles. The second kappa shape index (κ2) is 6.89. The van der Waals surface area contributed by atoms with Gasteiger partial charge in [-0.15, -0.1) is 0 Å². The van der Waals surface area contributed by atoms with Crippen LogP contribution in [0.15, 0.2) is 35.1 Å². The van der Waals surface area contributed by atoms with Crippen molar-refractivity contribution >= 4 is 23.3 Å². The average molecular weight is 399 g/mol. The third-order valence-electron chi connectivity index (χ3n) is 5.60. The van der Waals surface area contributed by atoms with Gasteiger partial charge in [0.1, 0.15) is 5.56 Å². The van der Waals surface area contributed by atoms with Gasteiger partial charge in [-0.2, -0.15) is 0 Å². The summed E-state index contributed by atoms with van der Waals surface area (Å²) in [7, 11) is 0. The first-order valence-corrected chi connectivity index (χ1v) is 10.0. The lowest BCUT2D eigenvalue weighted by Crippen LogP contribution is -2.39. The van der Waals surface area contributed by atoms with Gasteiger partial charge in [0.05, 0.1) is 0 Å². The molecule has 0 radical (unpaired) electrons. The topological polar surface area (TPSA) is 59.4 Å². The molecule has 1 aromatic heterocycles. The number of aromatic nitrogens is 1. The molecule has 5 nitrogen and oxygen atoms in total. The van der Waals surface area contributed by atoms with Crippen LogP contribution in [0.5, 0.6) is 0 Å². The molecule has 0 unspecified atom stereocenters. The Hall–Kier alpha value is -2.40. The first-order valence-electron chi connectivity index (χ1n) is 9.64. The molecule has 2 aliphatic rings. The molecule has 146 valence electrons. The molecule has 6 heteroatoms. The predicted octanol–water partition coefficient (Wildman–Crippen LogP) is 3.88. The summed E-state index contributed by atoms with van der Waals surface area (Å²) in [5.41, 5.74) is 1.23. The molecule has 0 saturated carbocycles. The highest BCUT2D eigenvalue weighted by Gasteiger charge is 2.35. The summed E-state index contributed by atoms with van der Waals surface area (Å²) >= 11 is 6.02. The Morgan fingerprint density at radius 1 is 1.04 bits per heavy atom. The zero-order valence-corrected chi connectivity index (χ0v) is 16.9. The second-order valence-corrected chi connectivity index (χ2v) is 8.91. The van der Waals surface area contributed by atoms with Crippen molar-refractivity contribution < 1.29 is 9.59 Å². The molecule has 1 aliphatic carbocycles. The molecular formula is C22H23ClN2O3. The van der Waals surface area contributed by atoms with Crippen LogP contribution >= 0.6 is 11.6 Å². The van der Waals surface area contributed by atoms with E-state index >= 15 is 0 Å². The van der Waals surface area contributed by atoms with E-state index in [4.69, 9.17) is 11.6 Å². The van der Waals surface area contributed by atoms with E-state index in [-0.39, 0.29) is 28.2 Å². The first kappa shape index (κ1) is 18.9. The van der Waals surface area contributed by atoms with Crippen molar-refractivity contribution in [1.29, 1.82) is 0 Å². The molecule has 28 heavy (non-hydrogen) atoms. The van der Waals surface area contributed by atoms with Crippen LogP contribution in [0.4, 0.5) is 0 Å². The largest absolute Gasteiger partial charge is 0.338 e. The molecule has 0 bridgehead atoms. The van der Waals surface area contributed by atoms with Crippen LogP contribution in [0.2, 0.25) is 5.02 Å². The lowest BCUT2D eigenvalue weighted by molar-refractivity contribution is 0.0790. The molecule has 1 aromatic carbocycles. The van der Waals surface area contributed by atoms with Crippen LogP contribution in [0.3, 0.4) is 0 Å². The van der Waals surface area contributed by atoms with E-state index in [0.29, 0.717) is 47.9 Å². The molecule has 0 spiro atoms. The number of rotatable bonds is 2. The Kier molecular flexibility index (Phi) is 4.66. The summed E-state index contributed by atoms with van der Waals surface area (Å²) in [5.74, 6) is -0.310. The summed E-state index contributed by atoms with van der Waals surface area (Å²) < 4.78 is 1.54. The van der Waals surface area contributed by atoms with Crippen molar-refractivity contribution in [3.05, 3.63) is 62.5 Å². The minimum Gasteiger partial charge on any atom is -0.338 e.